The third kappa shape index (κ3) is 3.57. The van der Waals surface area contributed by atoms with Gasteiger partial charge in [0.15, 0.2) is 5.82 Å². The normalized spacial score (nSPS) is 11.3. The summed E-state index contributed by atoms with van der Waals surface area (Å²) >= 11 is 0. The summed E-state index contributed by atoms with van der Waals surface area (Å²) in [7, 11) is 0. The minimum Gasteiger partial charge on any atom is -0.363 e. The zero-order valence-corrected chi connectivity index (χ0v) is 9.57. The van der Waals surface area contributed by atoms with Crippen LogP contribution >= 0.6 is 0 Å². The van der Waals surface area contributed by atoms with Gasteiger partial charge >= 0.3 is 6.18 Å². The lowest BCUT2D eigenvalue weighted by Crippen LogP contribution is -2.15. The largest absolute Gasteiger partial charge is 0.416 e. The molecule has 0 fully saturated rings. The van der Waals surface area contributed by atoms with Crippen LogP contribution in [0.4, 0.5) is 19.0 Å². The number of carbonyl (C=O) groups is 1. The fourth-order valence-electron chi connectivity index (χ4n) is 1.51. The molecule has 7 heteroatoms. The number of amides is 1. The molecule has 2 rings (SSSR count). The molecule has 19 heavy (non-hydrogen) atoms. The number of benzene rings is 1. The summed E-state index contributed by atoms with van der Waals surface area (Å²) in [5, 5.41) is 5.87. The summed E-state index contributed by atoms with van der Waals surface area (Å²) in [5.41, 5.74) is -0.505. The molecule has 0 bridgehead atoms. The average molecular weight is 270 g/mol. The fourth-order valence-corrected chi connectivity index (χ4v) is 1.51. The molecule has 0 aliphatic carbocycles. The second-order valence-corrected chi connectivity index (χ2v) is 3.81. The van der Waals surface area contributed by atoms with Gasteiger partial charge in [-0.25, -0.2) is 0 Å². The third-order valence-electron chi connectivity index (χ3n) is 2.32. The highest BCUT2D eigenvalue weighted by Gasteiger charge is 2.30. The van der Waals surface area contributed by atoms with E-state index in [1.807, 2.05) is 0 Å². The van der Waals surface area contributed by atoms with E-state index in [-0.39, 0.29) is 17.8 Å². The highest BCUT2D eigenvalue weighted by Crippen LogP contribution is 2.29. The molecule has 2 aromatic rings. The number of alkyl halides is 3. The number of carbonyl (C=O) groups excluding carboxylic acids is 1. The van der Waals surface area contributed by atoms with Gasteiger partial charge in [0.2, 0.25) is 5.91 Å². The van der Waals surface area contributed by atoms with Crippen LogP contribution in [0.15, 0.2) is 41.1 Å². The Labute approximate surface area is 106 Å². The molecular formula is C12H9F3N2O2. The first-order chi connectivity index (χ1) is 8.95. The molecule has 0 unspecified atom stereocenters. The average Bonchev–Trinajstić information content (AvgIpc) is 2.80. The Kier molecular flexibility index (Phi) is 3.55. The molecule has 0 radical (unpaired) electrons. The minimum atomic E-state index is -4.42. The Morgan fingerprint density at radius 1 is 1.32 bits per heavy atom. The van der Waals surface area contributed by atoms with Crippen molar-refractivity contribution >= 4 is 11.7 Å². The Morgan fingerprint density at radius 3 is 2.74 bits per heavy atom. The van der Waals surface area contributed by atoms with E-state index in [0.717, 1.165) is 12.1 Å². The lowest BCUT2D eigenvalue weighted by atomic mass is 10.1. The smallest absolute Gasteiger partial charge is 0.363 e. The summed E-state index contributed by atoms with van der Waals surface area (Å²) < 4.78 is 42.0. The van der Waals surface area contributed by atoms with Crippen molar-refractivity contribution in [2.75, 3.05) is 5.32 Å². The van der Waals surface area contributed by atoms with E-state index in [4.69, 9.17) is 0 Å². The highest BCUT2D eigenvalue weighted by molar-refractivity contribution is 5.91. The summed E-state index contributed by atoms with van der Waals surface area (Å²) in [6.07, 6.45) is -3.31. The third-order valence-corrected chi connectivity index (χ3v) is 2.32. The van der Waals surface area contributed by atoms with Crippen LogP contribution in [0.1, 0.15) is 11.1 Å². The first-order valence-corrected chi connectivity index (χ1v) is 5.31. The van der Waals surface area contributed by atoms with E-state index >= 15 is 0 Å². The van der Waals surface area contributed by atoms with Gasteiger partial charge in [-0.05, 0) is 11.6 Å². The number of nitrogens with one attached hydrogen (secondary N) is 1. The SMILES string of the molecule is O=C(Cc1cccc(C(F)(F)F)c1)Nc1ccon1. The molecule has 0 aliphatic rings. The maximum absolute atomic E-state index is 12.5. The second kappa shape index (κ2) is 5.13. The van der Waals surface area contributed by atoms with Crippen molar-refractivity contribution in [3.8, 4) is 0 Å². The fraction of sp³-hybridized carbons (Fsp3) is 0.167. The zero-order chi connectivity index (χ0) is 13.9. The van der Waals surface area contributed by atoms with Gasteiger partial charge in [-0.15, -0.1) is 0 Å². The molecule has 1 aromatic carbocycles. The monoisotopic (exact) mass is 270 g/mol. The van der Waals surface area contributed by atoms with Crippen LogP contribution in [0.5, 0.6) is 0 Å². The predicted octanol–water partition coefficient (Wildman–Crippen LogP) is 2.87. The van der Waals surface area contributed by atoms with Gasteiger partial charge < -0.3 is 9.84 Å². The molecule has 1 heterocycles. The molecule has 0 aliphatic heterocycles. The van der Waals surface area contributed by atoms with Crippen LogP contribution < -0.4 is 5.32 Å². The predicted molar refractivity (Wildman–Crippen MR) is 60.3 cm³/mol. The van der Waals surface area contributed by atoms with Crippen molar-refractivity contribution in [2.45, 2.75) is 12.6 Å². The van der Waals surface area contributed by atoms with E-state index < -0.39 is 17.6 Å². The molecular weight excluding hydrogens is 261 g/mol. The zero-order valence-electron chi connectivity index (χ0n) is 9.57. The first-order valence-electron chi connectivity index (χ1n) is 5.31. The van der Waals surface area contributed by atoms with E-state index in [9.17, 15) is 18.0 Å². The van der Waals surface area contributed by atoms with Gasteiger partial charge in [0.05, 0.1) is 12.0 Å². The van der Waals surface area contributed by atoms with Crippen molar-refractivity contribution in [1.82, 2.24) is 5.16 Å². The molecule has 100 valence electrons. The van der Waals surface area contributed by atoms with Crippen LogP contribution in [0.3, 0.4) is 0 Å². The highest BCUT2D eigenvalue weighted by atomic mass is 19.4. The lowest BCUT2D eigenvalue weighted by molar-refractivity contribution is -0.137. The number of hydrogen-bond acceptors (Lipinski definition) is 3. The van der Waals surface area contributed by atoms with Gasteiger partial charge in [0, 0.05) is 6.07 Å². The number of anilines is 1. The van der Waals surface area contributed by atoms with E-state index in [2.05, 4.69) is 15.0 Å². The number of hydrogen-bond donors (Lipinski definition) is 1. The summed E-state index contributed by atoms with van der Waals surface area (Å²) in [5.74, 6) is -0.245. The quantitative estimate of drug-likeness (QED) is 0.933. The van der Waals surface area contributed by atoms with Gasteiger partial charge in [-0.1, -0.05) is 23.4 Å². The molecule has 0 spiro atoms. The number of aromatic nitrogens is 1. The van der Waals surface area contributed by atoms with E-state index in [1.54, 1.807) is 0 Å². The maximum Gasteiger partial charge on any atom is 0.416 e. The maximum atomic E-state index is 12.5. The molecule has 4 nitrogen and oxygen atoms in total. The van der Waals surface area contributed by atoms with Gasteiger partial charge in [0.1, 0.15) is 6.26 Å². The minimum absolute atomic E-state index is 0.170. The van der Waals surface area contributed by atoms with Gasteiger partial charge in [0.25, 0.3) is 0 Å². The van der Waals surface area contributed by atoms with Crippen LogP contribution in [-0.2, 0) is 17.4 Å². The van der Waals surface area contributed by atoms with Crippen LogP contribution in [-0.4, -0.2) is 11.1 Å². The molecule has 0 atom stereocenters. The lowest BCUT2D eigenvalue weighted by Gasteiger charge is -2.08. The van der Waals surface area contributed by atoms with Gasteiger partial charge in [-0.2, -0.15) is 13.2 Å². The Hall–Kier alpha value is -2.31. The summed E-state index contributed by atoms with van der Waals surface area (Å²) in [6.45, 7) is 0. The Morgan fingerprint density at radius 2 is 2.11 bits per heavy atom. The van der Waals surface area contributed by atoms with Crippen molar-refractivity contribution < 1.29 is 22.5 Å². The molecule has 1 N–H and O–H groups in total. The first kappa shape index (κ1) is 13.1. The van der Waals surface area contributed by atoms with E-state index in [1.165, 1.54) is 24.5 Å². The standard InChI is InChI=1S/C12H9F3N2O2/c13-12(14,15)9-3-1-2-8(6-9)7-11(18)16-10-4-5-19-17-10/h1-6H,7H2,(H,16,17,18). The summed E-state index contributed by atoms with van der Waals surface area (Å²) in [6, 6.07) is 6.06. The van der Waals surface area contributed by atoms with Crippen LogP contribution in [0, 0.1) is 0 Å². The van der Waals surface area contributed by atoms with Crippen molar-refractivity contribution in [3.63, 3.8) is 0 Å². The van der Waals surface area contributed by atoms with Crippen LogP contribution in [0.2, 0.25) is 0 Å². The Balaban J connectivity index is 2.05. The summed E-state index contributed by atoms with van der Waals surface area (Å²) in [4.78, 5) is 11.6. The van der Waals surface area contributed by atoms with Crippen molar-refractivity contribution in [3.05, 3.63) is 47.7 Å². The Bertz CT molecular complexity index is 565. The molecule has 1 aromatic heterocycles. The van der Waals surface area contributed by atoms with Crippen LogP contribution in [0.25, 0.3) is 0 Å². The van der Waals surface area contributed by atoms with Crippen molar-refractivity contribution in [1.29, 1.82) is 0 Å². The topological polar surface area (TPSA) is 55.1 Å². The molecule has 1 amide bonds. The van der Waals surface area contributed by atoms with E-state index in [0.29, 0.717) is 0 Å². The number of halogens is 3. The molecule has 0 saturated carbocycles. The number of nitrogens with zero attached hydrogens (tertiary/aromatic N) is 1. The van der Waals surface area contributed by atoms with Crippen molar-refractivity contribution in [2.24, 2.45) is 0 Å². The number of rotatable bonds is 3. The second-order valence-electron chi connectivity index (χ2n) is 3.81. The van der Waals surface area contributed by atoms with Gasteiger partial charge in [-0.3, -0.25) is 4.79 Å². The molecule has 0 saturated heterocycles.